The summed E-state index contributed by atoms with van der Waals surface area (Å²) in [5.41, 5.74) is 5.77. The predicted molar refractivity (Wildman–Crippen MR) is 79.8 cm³/mol. The molecule has 0 fully saturated rings. The minimum absolute atomic E-state index is 0.0922. The number of nitrogens with two attached hydrogens (primary N) is 1. The maximum Gasteiger partial charge on any atom is 0.252 e. The van der Waals surface area contributed by atoms with E-state index in [-0.39, 0.29) is 17.1 Å². The lowest BCUT2D eigenvalue weighted by Crippen LogP contribution is -2.45. The van der Waals surface area contributed by atoms with Gasteiger partial charge >= 0.3 is 0 Å². The Morgan fingerprint density at radius 1 is 1.22 bits per heavy atom. The Morgan fingerprint density at radius 3 is 2.52 bits per heavy atom. The van der Waals surface area contributed by atoms with Gasteiger partial charge < -0.3 is 11.1 Å². The van der Waals surface area contributed by atoms with Crippen LogP contribution in [0.2, 0.25) is 5.15 Å². The molecule has 23 heavy (non-hydrogen) atoms. The van der Waals surface area contributed by atoms with E-state index in [1.54, 1.807) is 6.07 Å². The number of hydrogen-bond donors (Lipinski definition) is 2. The van der Waals surface area contributed by atoms with Gasteiger partial charge in [0.25, 0.3) is 5.91 Å². The number of hydrogen-bond acceptors (Lipinski definition) is 3. The van der Waals surface area contributed by atoms with E-state index >= 15 is 0 Å². The first-order valence-corrected chi connectivity index (χ1v) is 6.90. The molecule has 8 heteroatoms. The Kier molecular flexibility index (Phi) is 5.23. The highest BCUT2D eigenvalue weighted by molar-refractivity contribution is 6.29. The summed E-state index contributed by atoms with van der Waals surface area (Å²) >= 11 is 5.66. The molecule has 2 rings (SSSR count). The smallest absolute Gasteiger partial charge is 0.252 e. The van der Waals surface area contributed by atoms with E-state index in [9.17, 15) is 18.4 Å². The number of rotatable bonds is 5. The summed E-state index contributed by atoms with van der Waals surface area (Å²) in [4.78, 5) is 27.4. The van der Waals surface area contributed by atoms with Crippen molar-refractivity contribution in [3.05, 3.63) is 64.4 Å². The fourth-order valence-corrected chi connectivity index (χ4v) is 1.98. The summed E-state index contributed by atoms with van der Waals surface area (Å²) in [5, 5.41) is 2.67. The van der Waals surface area contributed by atoms with E-state index in [0.29, 0.717) is 5.56 Å². The van der Waals surface area contributed by atoms with Crippen LogP contribution in [0.1, 0.15) is 15.9 Å². The third kappa shape index (κ3) is 4.46. The second kappa shape index (κ2) is 7.15. The largest absolute Gasteiger partial charge is 0.368 e. The van der Waals surface area contributed by atoms with Gasteiger partial charge in [-0.05, 0) is 29.8 Å². The van der Waals surface area contributed by atoms with Crippen LogP contribution >= 0.6 is 11.6 Å². The van der Waals surface area contributed by atoms with Gasteiger partial charge in [0.15, 0.2) is 11.6 Å². The summed E-state index contributed by atoms with van der Waals surface area (Å²) in [7, 11) is 0. The van der Waals surface area contributed by atoms with Gasteiger partial charge in [-0.2, -0.15) is 0 Å². The number of halogens is 3. The molecule has 1 atom stereocenters. The molecule has 0 saturated heterocycles. The van der Waals surface area contributed by atoms with E-state index < -0.39 is 29.5 Å². The topological polar surface area (TPSA) is 85.1 Å². The van der Waals surface area contributed by atoms with Crippen LogP contribution < -0.4 is 11.1 Å². The van der Waals surface area contributed by atoms with Crippen LogP contribution in [0.5, 0.6) is 0 Å². The maximum absolute atomic E-state index is 13.2. The molecule has 0 bridgehead atoms. The first-order valence-electron chi connectivity index (χ1n) is 6.52. The van der Waals surface area contributed by atoms with Crippen molar-refractivity contribution in [1.82, 2.24) is 10.3 Å². The van der Waals surface area contributed by atoms with Crippen molar-refractivity contribution in [3.8, 4) is 0 Å². The zero-order valence-corrected chi connectivity index (χ0v) is 12.5. The first kappa shape index (κ1) is 16.8. The highest BCUT2D eigenvalue weighted by Gasteiger charge is 2.20. The number of nitrogens with zero attached hydrogens (tertiary/aromatic N) is 1. The van der Waals surface area contributed by atoms with Crippen LogP contribution in [0.25, 0.3) is 0 Å². The fourth-order valence-electron chi connectivity index (χ4n) is 1.86. The summed E-state index contributed by atoms with van der Waals surface area (Å²) in [6, 6.07) is 4.81. The predicted octanol–water partition coefficient (Wildman–Crippen LogP) is 1.84. The Hall–Kier alpha value is -2.54. The Balaban J connectivity index is 2.12. The fraction of sp³-hybridized carbons (Fsp3) is 0.133. The van der Waals surface area contributed by atoms with E-state index in [2.05, 4.69) is 10.3 Å². The lowest BCUT2D eigenvalue weighted by molar-refractivity contribution is -0.119. The van der Waals surface area contributed by atoms with Gasteiger partial charge in [0.2, 0.25) is 5.91 Å². The van der Waals surface area contributed by atoms with Crippen LogP contribution in [0.4, 0.5) is 8.78 Å². The molecule has 2 amide bonds. The summed E-state index contributed by atoms with van der Waals surface area (Å²) in [5.74, 6) is -3.74. The van der Waals surface area contributed by atoms with Gasteiger partial charge in [-0.1, -0.05) is 17.7 Å². The number of amides is 2. The molecule has 0 aliphatic carbocycles. The van der Waals surface area contributed by atoms with Crippen molar-refractivity contribution < 1.29 is 18.4 Å². The quantitative estimate of drug-likeness (QED) is 0.815. The van der Waals surface area contributed by atoms with E-state index in [0.717, 1.165) is 18.2 Å². The van der Waals surface area contributed by atoms with Gasteiger partial charge in [-0.25, -0.2) is 13.8 Å². The van der Waals surface area contributed by atoms with Gasteiger partial charge in [0.05, 0.1) is 0 Å². The van der Waals surface area contributed by atoms with Crippen molar-refractivity contribution in [1.29, 1.82) is 0 Å². The molecule has 1 heterocycles. The zero-order valence-electron chi connectivity index (χ0n) is 11.7. The molecule has 120 valence electrons. The van der Waals surface area contributed by atoms with Crippen molar-refractivity contribution >= 4 is 23.4 Å². The third-order valence-electron chi connectivity index (χ3n) is 3.06. The molecule has 0 saturated carbocycles. The number of aromatic nitrogens is 1. The number of pyridine rings is 1. The minimum atomic E-state index is -1.16. The SMILES string of the molecule is NC(=O)[C@@H](Cc1ccc(Cl)nc1)NC(=O)c1ccc(F)c(F)c1. The summed E-state index contributed by atoms with van der Waals surface area (Å²) < 4.78 is 26.0. The maximum atomic E-state index is 13.2. The standard InChI is InChI=1S/C15H12ClF2N3O2/c16-13-4-1-8(7-20-13)5-12(14(19)22)21-15(23)9-2-3-10(17)11(18)6-9/h1-4,6-7,12H,5H2,(H2,19,22)(H,21,23)/t12-/m1/s1. The molecule has 0 aliphatic rings. The Bertz CT molecular complexity index is 738. The molecule has 0 aliphatic heterocycles. The molecule has 5 nitrogen and oxygen atoms in total. The van der Waals surface area contributed by atoms with Crippen molar-refractivity contribution in [2.45, 2.75) is 12.5 Å². The van der Waals surface area contributed by atoms with Gasteiger partial charge in [0, 0.05) is 18.2 Å². The molecule has 1 aromatic heterocycles. The van der Waals surface area contributed by atoms with Crippen LogP contribution in [0.3, 0.4) is 0 Å². The second-order valence-corrected chi connectivity index (χ2v) is 5.14. The minimum Gasteiger partial charge on any atom is -0.368 e. The zero-order chi connectivity index (χ0) is 17.0. The van der Waals surface area contributed by atoms with E-state index in [4.69, 9.17) is 17.3 Å². The molecular formula is C15H12ClF2N3O2. The van der Waals surface area contributed by atoms with Crippen LogP contribution in [0, 0.1) is 11.6 Å². The third-order valence-corrected chi connectivity index (χ3v) is 3.28. The summed E-state index contributed by atoms with van der Waals surface area (Å²) in [6.07, 6.45) is 1.54. The molecule has 0 radical (unpaired) electrons. The lowest BCUT2D eigenvalue weighted by atomic mass is 10.1. The average molecular weight is 340 g/mol. The normalized spacial score (nSPS) is 11.8. The first-order chi connectivity index (χ1) is 10.9. The number of carbonyl (C=O) groups excluding carboxylic acids is 2. The van der Waals surface area contributed by atoms with Crippen molar-refractivity contribution in [3.63, 3.8) is 0 Å². The number of primary amides is 1. The second-order valence-electron chi connectivity index (χ2n) is 4.75. The van der Waals surface area contributed by atoms with Crippen molar-refractivity contribution in [2.24, 2.45) is 5.73 Å². The molecule has 3 N–H and O–H groups in total. The van der Waals surface area contributed by atoms with Gasteiger partial charge in [0.1, 0.15) is 11.2 Å². The number of carbonyl (C=O) groups is 2. The lowest BCUT2D eigenvalue weighted by Gasteiger charge is -2.15. The highest BCUT2D eigenvalue weighted by Crippen LogP contribution is 2.10. The monoisotopic (exact) mass is 339 g/mol. The number of benzene rings is 1. The molecule has 1 aromatic carbocycles. The average Bonchev–Trinajstić information content (AvgIpc) is 2.51. The molecule has 0 unspecified atom stereocenters. The highest BCUT2D eigenvalue weighted by atomic mass is 35.5. The Labute approximate surface area is 135 Å². The summed E-state index contributed by atoms with van der Waals surface area (Å²) in [6.45, 7) is 0. The van der Waals surface area contributed by atoms with Crippen LogP contribution in [-0.2, 0) is 11.2 Å². The van der Waals surface area contributed by atoms with Gasteiger partial charge in [-0.15, -0.1) is 0 Å². The van der Waals surface area contributed by atoms with Gasteiger partial charge in [-0.3, -0.25) is 9.59 Å². The van der Waals surface area contributed by atoms with Crippen LogP contribution in [0.15, 0.2) is 36.5 Å². The Morgan fingerprint density at radius 2 is 1.96 bits per heavy atom. The molecule has 0 spiro atoms. The van der Waals surface area contributed by atoms with Crippen LogP contribution in [-0.4, -0.2) is 22.8 Å². The van der Waals surface area contributed by atoms with E-state index in [1.165, 1.54) is 12.3 Å². The number of nitrogens with one attached hydrogen (secondary N) is 1. The van der Waals surface area contributed by atoms with E-state index in [1.807, 2.05) is 0 Å². The molecular weight excluding hydrogens is 328 g/mol. The molecule has 2 aromatic rings. The van der Waals surface area contributed by atoms with Crippen molar-refractivity contribution in [2.75, 3.05) is 0 Å².